The van der Waals surface area contributed by atoms with Crippen LogP contribution in [0.4, 0.5) is 15.8 Å². The molecule has 1 amide bonds. The number of nitrogens with two attached hydrogens (primary N) is 1. The summed E-state index contributed by atoms with van der Waals surface area (Å²) in [7, 11) is 1.69. The lowest BCUT2D eigenvalue weighted by Crippen LogP contribution is -2.35. The Hall–Kier alpha value is -1.78. The number of likely N-dealkylation sites (N-methyl/N-ethyl adjacent to an activating group) is 2. The van der Waals surface area contributed by atoms with Gasteiger partial charge in [0.25, 0.3) is 0 Å². The van der Waals surface area contributed by atoms with Crippen molar-refractivity contribution in [2.45, 2.75) is 6.92 Å². The Morgan fingerprint density at radius 2 is 2.25 bits per heavy atom. The fourth-order valence-corrected chi connectivity index (χ4v) is 1.41. The van der Waals surface area contributed by atoms with Crippen molar-refractivity contribution in [1.82, 2.24) is 5.32 Å². The van der Waals surface area contributed by atoms with Crippen molar-refractivity contribution in [2.24, 2.45) is 0 Å². The molecule has 88 valence electrons. The van der Waals surface area contributed by atoms with Crippen LogP contribution in [0.3, 0.4) is 0 Å². The number of nitrogen functional groups attached to an aromatic ring is 1. The highest BCUT2D eigenvalue weighted by Gasteiger charge is 2.11. The van der Waals surface area contributed by atoms with Crippen LogP contribution in [-0.4, -0.2) is 26.0 Å². The van der Waals surface area contributed by atoms with Gasteiger partial charge in [-0.1, -0.05) is 6.07 Å². The van der Waals surface area contributed by atoms with Gasteiger partial charge in [0.15, 0.2) is 0 Å². The maximum atomic E-state index is 13.2. The molecule has 0 bridgehead atoms. The highest BCUT2D eigenvalue weighted by molar-refractivity contribution is 5.82. The van der Waals surface area contributed by atoms with Gasteiger partial charge in [-0.05, 0) is 19.1 Å². The average Bonchev–Trinajstić information content (AvgIpc) is 2.22. The number of amides is 1. The summed E-state index contributed by atoms with van der Waals surface area (Å²) >= 11 is 0. The maximum Gasteiger partial charge on any atom is 0.239 e. The Morgan fingerprint density at radius 1 is 1.56 bits per heavy atom. The highest BCUT2D eigenvalue weighted by atomic mass is 19.1. The average molecular weight is 225 g/mol. The van der Waals surface area contributed by atoms with Gasteiger partial charge >= 0.3 is 0 Å². The van der Waals surface area contributed by atoms with Crippen LogP contribution in [0, 0.1) is 5.82 Å². The summed E-state index contributed by atoms with van der Waals surface area (Å²) in [6, 6.07) is 4.53. The molecule has 0 saturated heterocycles. The van der Waals surface area contributed by atoms with Gasteiger partial charge in [-0.3, -0.25) is 4.79 Å². The largest absolute Gasteiger partial charge is 0.395 e. The second-order valence-electron chi connectivity index (χ2n) is 3.48. The zero-order chi connectivity index (χ0) is 12.1. The van der Waals surface area contributed by atoms with Crippen molar-refractivity contribution in [3.05, 3.63) is 24.0 Å². The number of nitrogens with one attached hydrogen (secondary N) is 1. The van der Waals surface area contributed by atoms with Gasteiger partial charge in [-0.15, -0.1) is 0 Å². The minimum atomic E-state index is -0.472. The van der Waals surface area contributed by atoms with Gasteiger partial charge < -0.3 is 16.0 Å². The van der Waals surface area contributed by atoms with E-state index in [0.717, 1.165) is 0 Å². The molecular weight excluding hydrogens is 209 g/mol. The monoisotopic (exact) mass is 225 g/mol. The number of nitrogens with zero attached hydrogens (tertiary/aromatic N) is 1. The molecule has 16 heavy (non-hydrogen) atoms. The van der Waals surface area contributed by atoms with E-state index in [1.807, 2.05) is 6.92 Å². The Balaban J connectivity index is 2.76. The topological polar surface area (TPSA) is 58.4 Å². The first-order valence-corrected chi connectivity index (χ1v) is 5.08. The Morgan fingerprint density at radius 3 is 2.88 bits per heavy atom. The number of halogens is 1. The lowest BCUT2D eigenvalue weighted by Gasteiger charge is -2.20. The SMILES string of the molecule is CCNC(=O)CN(C)c1cccc(F)c1N. The third-order valence-corrected chi connectivity index (χ3v) is 2.20. The Labute approximate surface area is 94.2 Å². The molecule has 0 radical (unpaired) electrons. The molecule has 1 rings (SSSR count). The molecule has 0 fully saturated rings. The first-order valence-electron chi connectivity index (χ1n) is 5.08. The van der Waals surface area contributed by atoms with Crippen LogP contribution < -0.4 is 16.0 Å². The number of anilines is 2. The van der Waals surface area contributed by atoms with Crippen LogP contribution in [0.1, 0.15) is 6.92 Å². The van der Waals surface area contributed by atoms with Crippen molar-refractivity contribution >= 4 is 17.3 Å². The third kappa shape index (κ3) is 2.85. The van der Waals surface area contributed by atoms with Crippen LogP contribution in [0.2, 0.25) is 0 Å². The number of rotatable bonds is 4. The molecule has 1 aromatic carbocycles. The molecule has 0 aliphatic rings. The van der Waals surface area contributed by atoms with Crippen LogP contribution in [0.25, 0.3) is 0 Å². The number of carbonyl (C=O) groups is 1. The summed E-state index contributed by atoms with van der Waals surface area (Å²) in [6.07, 6.45) is 0. The molecule has 0 aliphatic carbocycles. The summed E-state index contributed by atoms with van der Waals surface area (Å²) in [5.74, 6) is -0.589. The van der Waals surface area contributed by atoms with Gasteiger partial charge in [-0.2, -0.15) is 0 Å². The number of carbonyl (C=O) groups excluding carboxylic acids is 1. The molecule has 3 N–H and O–H groups in total. The maximum absolute atomic E-state index is 13.2. The van der Waals surface area contributed by atoms with Crippen LogP contribution in [0.15, 0.2) is 18.2 Å². The molecule has 0 saturated carbocycles. The molecule has 5 heteroatoms. The van der Waals surface area contributed by atoms with E-state index < -0.39 is 5.82 Å². The second kappa shape index (κ2) is 5.34. The minimum Gasteiger partial charge on any atom is -0.395 e. The van der Waals surface area contributed by atoms with E-state index in [9.17, 15) is 9.18 Å². The summed E-state index contributed by atoms with van der Waals surface area (Å²) in [5, 5.41) is 2.67. The molecule has 0 aromatic heterocycles. The van der Waals surface area contributed by atoms with E-state index in [2.05, 4.69) is 5.32 Å². The number of benzene rings is 1. The smallest absolute Gasteiger partial charge is 0.239 e. The summed E-state index contributed by atoms with van der Waals surface area (Å²) in [4.78, 5) is 13.0. The van der Waals surface area contributed by atoms with Gasteiger partial charge in [-0.25, -0.2) is 4.39 Å². The molecule has 0 aliphatic heterocycles. The Kier molecular flexibility index (Phi) is 4.10. The van der Waals surface area contributed by atoms with Crippen LogP contribution in [0.5, 0.6) is 0 Å². The molecule has 1 aromatic rings. The fourth-order valence-electron chi connectivity index (χ4n) is 1.41. The number of hydrogen-bond donors (Lipinski definition) is 2. The second-order valence-corrected chi connectivity index (χ2v) is 3.48. The van der Waals surface area contributed by atoms with E-state index in [0.29, 0.717) is 12.2 Å². The predicted molar refractivity (Wildman–Crippen MR) is 62.8 cm³/mol. The van der Waals surface area contributed by atoms with E-state index >= 15 is 0 Å². The van der Waals surface area contributed by atoms with Crippen molar-refractivity contribution < 1.29 is 9.18 Å². The van der Waals surface area contributed by atoms with Crippen LogP contribution in [-0.2, 0) is 4.79 Å². The Bertz CT molecular complexity index is 381. The van der Waals surface area contributed by atoms with Gasteiger partial charge in [0.05, 0.1) is 17.9 Å². The lowest BCUT2D eigenvalue weighted by atomic mass is 10.2. The highest BCUT2D eigenvalue weighted by Crippen LogP contribution is 2.24. The van der Waals surface area contributed by atoms with E-state index in [-0.39, 0.29) is 18.1 Å². The zero-order valence-corrected chi connectivity index (χ0v) is 9.46. The number of para-hydroxylation sites is 1. The molecule has 0 spiro atoms. The number of hydrogen-bond acceptors (Lipinski definition) is 3. The first kappa shape index (κ1) is 12.3. The predicted octanol–water partition coefficient (Wildman–Crippen LogP) is 0.980. The van der Waals surface area contributed by atoms with Gasteiger partial charge in [0.1, 0.15) is 5.82 Å². The van der Waals surface area contributed by atoms with Crippen LogP contribution >= 0.6 is 0 Å². The normalized spacial score (nSPS) is 9.94. The third-order valence-electron chi connectivity index (χ3n) is 2.20. The fraction of sp³-hybridized carbons (Fsp3) is 0.364. The van der Waals surface area contributed by atoms with Crippen molar-refractivity contribution in [1.29, 1.82) is 0 Å². The molecular formula is C11H16FN3O. The lowest BCUT2D eigenvalue weighted by molar-refractivity contribution is -0.119. The zero-order valence-electron chi connectivity index (χ0n) is 9.46. The van der Waals surface area contributed by atoms with Gasteiger partial charge in [0.2, 0.25) is 5.91 Å². The van der Waals surface area contributed by atoms with E-state index in [4.69, 9.17) is 5.73 Å². The quantitative estimate of drug-likeness (QED) is 0.751. The summed E-state index contributed by atoms with van der Waals surface area (Å²) in [6.45, 7) is 2.57. The van der Waals surface area contributed by atoms with E-state index in [1.165, 1.54) is 6.07 Å². The van der Waals surface area contributed by atoms with Crippen molar-refractivity contribution in [3.63, 3.8) is 0 Å². The first-order chi connectivity index (χ1) is 7.56. The van der Waals surface area contributed by atoms with E-state index in [1.54, 1.807) is 24.1 Å². The van der Waals surface area contributed by atoms with Crippen molar-refractivity contribution in [2.75, 3.05) is 30.8 Å². The summed E-state index contributed by atoms with van der Waals surface area (Å²) in [5.41, 5.74) is 6.17. The van der Waals surface area contributed by atoms with Gasteiger partial charge in [0, 0.05) is 13.6 Å². The molecule has 0 heterocycles. The minimum absolute atomic E-state index is 0.0642. The molecule has 0 atom stereocenters. The summed E-state index contributed by atoms with van der Waals surface area (Å²) < 4.78 is 13.2. The molecule has 0 unspecified atom stereocenters. The standard InChI is InChI=1S/C11H16FN3O/c1-3-14-10(16)7-15(2)9-6-4-5-8(12)11(9)13/h4-6H,3,7,13H2,1-2H3,(H,14,16). The molecule has 4 nitrogen and oxygen atoms in total. The van der Waals surface area contributed by atoms with Crippen molar-refractivity contribution in [3.8, 4) is 0 Å².